The molecule has 1 aliphatic heterocycles. The lowest BCUT2D eigenvalue weighted by molar-refractivity contribution is -0.132. The number of ether oxygens (including phenoxy) is 1. The van der Waals surface area contributed by atoms with Gasteiger partial charge in [-0.2, -0.15) is 0 Å². The van der Waals surface area contributed by atoms with Crippen molar-refractivity contribution in [1.82, 2.24) is 4.98 Å². The van der Waals surface area contributed by atoms with E-state index in [9.17, 15) is 24.6 Å². The summed E-state index contributed by atoms with van der Waals surface area (Å²) in [5.74, 6) is -2.96. The quantitative estimate of drug-likeness (QED) is 0.205. The summed E-state index contributed by atoms with van der Waals surface area (Å²) in [6, 6.07) is 11.6. The number of amides is 1. The van der Waals surface area contributed by atoms with Gasteiger partial charge in [-0.3, -0.25) is 14.5 Å². The van der Waals surface area contributed by atoms with E-state index < -0.39 is 29.5 Å². The van der Waals surface area contributed by atoms with Gasteiger partial charge in [-0.1, -0.05) is 29.0 Å². The van der Waals surface area contributed by atoms with Gasteiger partial charge >= 0.3 is 11.9 Å². The van der Waals surface area contributed by atoms with Crippen LogP contribution >= 0.6 is 34.3 Å². The zero-order chi connectivity index (χ0) is 24.9. The van der Waals surface area contributed by atoms with Crippen molar-refractivity contribution in [2.75, 3.05) is 12.0 Å². The van der Waals surface area contributed by atoms with Crippen molar-refractivity contribution in [2.45, 2.75) is 6.04 Å². The molecule has 0 bridgehead atoms. The summed E-state index contributed by atoms with van der Waals surface area (Å²) in [7, 11) is 1.42. The van der Waals surface area contributed by atoms with Crippen LogP contribution in [-0.2, 0) is 9.59 Å². The van der Waals surface area contributed by atoms with Crippen molar-refractivity contribution in [3.8, 4) is 5.75 Å². The van der Waals surface area contributed by atoms with Gasteiger partial charge < -0.3 is 14.9 Å². The number of halogens is 1. The maximum Gasteiger partial charge on any atom is 0.335 e. The smallest absolute Gasteiger partial charge is 0.335 e. The highest BCUT2D eigenvalue weighted by Crippen LogP contribution is 2.46. The summed E-state index contributed by atoms with van der Waals surface area (Å²) >= 11 is 8.53. The molecule has 8 nitrogen and oxygen atoms in total. The molecule has 1 atom stereocenters. The second kappa shape index (κ2) is 8.81. The molecule has 2 aromatic heterocycles. The maximum atomic E-state index is 13.3. The Labute approximate surface area is 211 Å². The first-order chi connectivity index (χ1) is 16.8. The Morgan fingerprint density at radius 1 is 1.14 bits per heavy atom. The molecule has 3 heterocycles. The second-order valence-electron chi connectivity index (χ2n) is 7.51. The lowest BCUT2D eigenvalue weighted by Gasteiger charge is -2.21. The Morgan fingerprint density at radius 2 is 1.94 bits per heavy atom. The van der Waals surface area contributed by atoms with E-state index in [1.54, 1.807) is 35.7 Å². The highest BCUT2D eigenvalue weighted by molar-refractivity contribution is 7.22. The summed E-state index contributed by atoms with van der Waals surface area (Å²) in [4.78, 5) is 44.3. The number of aromatic nitrogens is 1. The van der Waals surface area contributed by atoms with Crippen LogP contribution in [0.15, 0.2) is 59.5 Å². The number of carbonyl (C=O) groups excluding carboxylic acids is 2. The van der Waals surface area contributed by atoms with Crippen molar-refractivity contribution in [1.29, 1.82) is 0 Å². The summed E-state index contributed by atoms with van der Waals surface area (Å²) < 4.78 is 5.88. The highest BCUT2D eigenvalue weighted by Gasteiger charge is 2.48. The number of thiazole rings is 1. The molecule has 4 aromatic rings. The van der Waals surface area contributed by atoms with E-state index in [1.807, 2.05) is 0 Å². The Kier molecular flexibility index (Phi) is 5.79. The zero-order valence-electron chi connectivity index (χ0n) is 17.9. The molecule has 2 aromatic carbocycles. The van der Waals surface area contributed by atoms with Gasteiger partial charge in [0.05, 0.1) is 34.0 Å². The third kappa shape index (κ3) is 3.85. The fraction of sp³-hybridized carbons (Fsp3) is 0.0833. The number of hydrogen-bond acceptors (Lipinski definition) is 8. The summed E-state index contributed by atoms with van der Waals surface area (Å²) in [6.07, 6.45) is 0. The number of carbonyl (C=O) groups is 3. The number of nitrogens with zero attached hydrogens (tertiary/aromatic N) is 2. The topological polar surface area (TPSA) is 117 Å². The number of Topliss-reactive ketones (excluding diaryl/α,β-unsaturated/α-hetero) is 1. The van der Waals surface area contributed by atoms with E-state index in [2.05, 4.69) is 4.98 Å². The Morgan fingerprint density at radius 3 is 2.63 bits per heavy atom. The van der Waals surface area contributed by atoms with E-state index in [-0.39, 0.29) is 27.6 Å². The fourth-order valence-corrected chi connectivity index (χ4v) is 5.93. The van der Waals surface area contributed by atoms with E-state index >= 15 is 0 Å². The number of aliphatic hydroxyl groups is 1. The number of thiophene rings is 1. The molecule has 1 unspecified atom stereocenters. The maximum absolute atomic E-state index is 13.3. The highest BCUT2D eigenvalue weighted by atomic mass is 35.5. The van der Waals surface area contributed by atoms with E-state index in [4.69, 9.17) is 16.3 Å². The Hall–Kier alpha value is -3.73. The third-order valence-electron chi connectivity index (χ3n) is 5.50. The SMILES string of the molecule is COc1ccc(Cl)cc1/C(O)=C1\C(=O)C(=O)N(c2nc3ccc(C(=O)O)cc3s2)C1c1cccs1. The standard InChI is InChI=1S/C24H15ClN2O6S2/c1-33-15-7-5-12(25)10-13(15)20(28)18-19(16-3-2-8-34-16)27(22(30)21(18)29)24-26-14-6-4-11(23(31)32)9-17(14)35-24/h2-10,19,28H,1H3,(H,31,32)/b20-18+. The largest absolute Gasteiger partial charge is 0.507 e. The molecule has 5 rings (SSSR count). The van der Waals surface area contributed by atoms with Gasteiger partial charge in [0, 0.05) is 9.90 Å². The van der Waals surface area contributed by atoms with Crippen molar-refractivity contribution < 1.29 is 29.3 Å². The van der Waals surface area contributed by atoms with Crippen molar-refractivity contribution >= 4 is 73.0 Å². The van der Waals surface area contributed by atoms with Crippen LogP contribution in [0, 0.1) is 0 Å². The first kappa shape index (κ1) is 23.0. The second-order valence-corrected chi connectivity index (χ2v) is 9.94. The number of hydrogen-bond donors (Lipinski definition) is 2. The fourth-order valence-electron chi connectivity index (χ4n) is 3.90. The molecule has 2 N–H and O–H groups in total. The van der Waals surface area contributed by atoms with Crippen molar-refractivity contribution in [2.24, 2.45) is 0 Å². The minimum atomic E-state index is -1.09. The van der Waals surface area contributed by atoms with E-state index in [0.29, 0.717) is 20.1 Å². The van der Waals surface area contributed by atoms with Crippen LogP contribution in [0.3, 0.4) is 0 Å². The minimum absolute atomic E-state index is 0.0811. The van der Waals surface area contributed by atoms with Crippen LogP contribution in [-0.4, -0.2) is 40.0 Å². The Balaban J connectivity index is 1.72. The average molecular weight is 527 g/mol. The molecule has 0 saturated carbocycles. The van der Waals surface area contributed by atoms with Gasteiger partial charge in [-0.05, 0) is 47.8 Å². The van der Waals surface area contributed by atoms with E-state index in [0.717, 1.165) is 11.3 Å². The molecule has 35 heavy (non-hydrogen) atoms. The molecule has 0 aliphatic carbocycles. The first-order valence-electron chi connectivity index (χ1n) is 10.1. The van der Waals surface area contributed by atoms with Gasteiger partial charge in [0.2, 0.25) is 0 Å². The number of anilines is 1. The van der Waals surface area contributed by atoms with Crippen LogP contribution < -0.4 is 9.64 Å². The number of fused-ring (bicyclic) bond motifs is 1. The Bertz CT molecular complexity index is 1540. The molecular weight excluding hydrogens is 512 g/mol. The minimum Gasteiger partial charge on any atom is -0.507 e. The molecular formula is C24H15ClN2O6S2. The number of benzene rings is 2. The van der Waals surface area contributed by atoms with Crippen molar-refractivity contribution in [3.63, 3.8) is 0 Å². The molecule has 1 saturated heterocycles. The number of carboxylic acids is 1. The number of methoxy groups -OCH3 is 1. The van der Waals surface area contributed by atoms with Crippen LogP contribution in [0.1, 0.15) is 26.8 Å². The van der Waals surface area contributed by atoms with Crippen LogP contribution in [0.5, 0.6) is 5.75 Å². The normalized spacial score (nSPS) is 17.3. The number of aromatic carboxylic acids is 1. The van der Waals surface area contributed by atoms with Gasteiger partial charge in [-0.25, -0.2) is 9.78 Å². The molecule has 0 radical (unpaired) electrons. The van der Waals surface area contributed by atoms with Crippen LogP contribution in [0.25, 0.3) is 16.0 Å². The molecule has 0 spiro atoms. The summed E-state index contributed by atoms with van der Waals surface area (Å²) in [5, 5.41) is 22.9. The zero-order valence-corrected chi connectivity index (χ0v) is 20.3. The van der Waals surface area contributed by atoms with Gasteiger partial charge in [-0.15, -0.1) is 11.3 Å². The first-order valence-corrected chi connectivity index (χ1v) is 12.2. The number of rotatable bonds is 5. The van der Waals surface area contributed by atoms with Crippen molar-refractivity contribution in [3.05, 3.63) is 80.5 Å². The number of ketones is 1. The van der Waals surface area contributed by atoms with Gasteiger partial charge in [0.25, 0.3) is 5.78 Å². The third-order valence-corrected chi connectivity index (χ3v) is 7.68. The molecule has 176 valence electrons. The van der Waals surface area contributed by atoms with Crippen LogP contribution in [0.4, 0.5) is 5.13 Å². The average Bonchev–Trinajstić information content (AvgIpc) is 3.56. The lowest BCUT2D eigenvalue weighted by atomic mass is 9.99. The molecule has 1 fully saturated rings. The summed E-state index contributed by atoms with van der Waals surface area (Å²) in [6.45, 7) is 0. The molecule has 11 heteroatoms. The van der Waals surface area contributed by atoms with Crippen LogP contribution in [0.2, 0.25) is 5.02 Å². The predicted octanol–water partition coefficient (Wildman–Crippen LogP) is 5.34. The number of carboxylic acid groups (broad SMARTS) is 1. The molecule has 1 aliphatic rings. The van der Waals surface area contributed by atoms with E-state index in [1.165, 1.54) is 41.5 Å². The van der Waals surface area contributed by atoms with Gasteiger partial charge in [0.15, 0.2) is 5.13 Å². The monoisotopic (exact) mass is 526 g/mol. The molecule has 1 amide bonds. The predicted molar refractivity (Wildman–Crippen MR) is 134 cm³/mol. The summed E-state index contributed by atoms with van der Waals surface area (Å²) in [5.41, 5.74) is 0.620. The van der Waals surface area contributed by atoms with Gasteiger partial charge in [0.1, 0.15) is 17.6 Å². The lowest BCUT2D eigenvalue weighted by Crippen LogP contribution is -2.28. The number of aliphatic hydroxyl groups excluding tert-OH is 1.